The zero-order valence-electron chi connectivity index (χ0n) is 26.6. The number of nitrogen functional groups attached to an aromatic ring is 1. The summed E-state index contributed by atoms with van der Waals surface area (Å²) in [4.78, 5) is 17.9. The number of aromatic nitrogens is 3. The smallest absolute Gasteiger partial charge is 0.0965 e. The first kappa shape index (κ1) is 28.5. The van der Waals surface area contributed by atoms with Gasteiger partial charge in [0, 0.05) is 56.1 Å². The van der Waals surface area contributed by atoms with Crippen molar-refractivity contribution in [2.45, 2.75) is 0 Å². The number of nitrogens with two attached hydrogens (primary N) is 1. The molecule has 3 aromatic heterocycles. The second-order valence-corrected chi connectivity index (χ2v) is 12.2. The molecule has 0 saturated heterocycles. The lowest BCUT2D eigenvalue weighted by Crippen LogP contribution is -1.93. The number of benzene rings is 4. The van der Waals surface area contributed by atoms with Gasteiger partial charge in [0.1, 0.15) is 0 Å². The summed E-state index contributed by atoms with van der Waals surface area (Å²) in [5.41, 5.74) is 23.1. The van der Waals surface area contributed by atoms with Crippen molar-refractivity contribution >= 4 is 51.8 Å². The summed E-state index contributed by atoms with van der Waals surface area (Å²) in [5.74, 6) is 0. The van der Waals surface area contributed by atoms with Gasteiger partial charge in [0.15, 0.2) is 0 Å². The summed E-state index contributed by atoms with van der Waals surface area (Å²) in [6, 6.07) is 50.1. The van der Waals surface area contributed by atoms with Gasteiger partial charge in [-0.3, -0.25) is 4.99 Å². The average molecular weight is 630 g/mol. The van der Waals surface area contributed by atoms with E-state index >= 15 is 0 Å². The summed E-state index contributed by atoms with van der Waals surface area (Å²) in [6.45, 7) is 0. The molecule has 49 heavy (non-hydrogen) atoms. The van der Waals surface area contributed by atoms with Gasteiger partial charge in [0.2, 0.25) is 0 Å². The maximum Gasteiger partial charge on any atom is 0.0965 e. The van der Waals surface area contributed by atoms with Crippen molar-refractivity contribution in [2.75, 3.05) is 5.73 Å². The highest BCUT2D eigenvalue weighted by molar-refractivity contribution is 6.11. The highest BCUT2D eigenvalue weighted by atomic mass is 14.8. The zero-order valence-corrected chi connectivity index (χ0v) is 26.6. The number of nitrogens with zero attached hydrogens (tertiary/aromatic N) is 2. The molecule has 5 nitrogen and oxygen atoms in total. The number of anilines is 1. The molecular formula is C44H31N5. The van der Waals surface area contributed by atoms with Crippen LogP contribution in [0.25, 0.3) is 78.7 Å². The fourth-order valence-corrected chi connectivity index (χ4v) is 6.99. The van der Waals surface area contributed by atoms with Crippen molar-refractivity contribution in [3.8, 4) is 44.5 Å². The first-order chi connectivity index (χ1) is 24.2. The fraction of sp³-hybridized carbons (Fsp3) is 0. The summed E-state index contributed by atoms with van der Waals surface area (Å²) in [5, 5.41) is 0. The Bertz CT molecular complexity index is 2400. The molecule has 2 aliphatic rings. The summed E-state index contributed by atoms with van der Waals surface area (Å²) in [7, 11) is 0. The molecule has 0 atom stereocenters. The number of hydrogen-bond donors (Lipinski definition) is 3. The van der Waals surface area contributed by atoms with Gasteiger partial charge in [0.05, 0.1) is 22.8 Å². The highest BCUT2D eigenvalue weighted by Crippen LogP contribution is 2.44. The monoisotopic (exact) mass is 629 g/mol. The van der Waals surface area contributed by atoms with E-state index in [0.29, 0.717) is 5.69 Å². The van der Waals surface area contributed by atoms with E-state index in [1.165, 1.54) is 0 Å². The minimum atomic E-state index is 0.622. The quantitative estimate of drug-likeness (QED) is 0.181. The number of hydrogen-bond acceptors (Lipinski definition) is 3. The van der Waals surface area contributed by atoms with Gasteiger partial charge in [0.25, 0.3) is 0 Å². The summed E-state index contributed by atoms with van der Waals surface area (Å²) >= 11 is 0. The van der Waals surface area contributed by atoms with Crippen LogP contribution in [0.4, 0.5) is 11.4 Å². The molecule has 7 aromatic rings. The van der Waals surface area contributed by atoms with E-state index in [1.807, 2.05) is 42.6 Å². The first-order valence-corrected chi connectivity index (χ1v) is 16.4. The Labute approximate surface area is 283 Å². The van der Waals surface area contributed by atoms with E-state index in [4.69, 9.17) is 15.7 Å². The van der Waals surface area contributed by atoms with Crippen molar-refractivity contribution in [2.24, 2.45) is 4.99 Å². The van der Waals surface area contributed by atoms with Crippen LogP contribution in [-0.4, -0.2) is 21.2 Å². The molecule has 5 heteroatoms. The molecule has 232 valence electrons. The minimum Gasteiger partial charge on any atom is -0.396 e. The minimum absolute atomic E-state index is 0.622. The predicted octanol–water partition coefficient (Wildman–Crippen LogP) is 11.1. The third-order valence-corrected chi connectivity index (χ3v) is 9.23. The Morgan fingerprint density at radius 3 is 1.22 bits per heavy atom. The molecule has 9 rings (SSSR count). The van der Waals surface area contributed by atoms with Crippen LogP contribution in [0.1, 0.15) is 17.0 Å². The van der Waals surface area contributed by atoms with Crippen molar-refractivity contribution in [3.63, 3.8) is 0 Å². The number of aromatic amines is 2. The third kappa shape index (κ3) is 4.96. The van der Waals surface area contributed by atoms with Crippen molar-refractivity contribution in [1.82, 2.24) is 15.0 Å². The lowest BCUT2D eigenvalue weighted by atomic mass is 9.99. The van der Waals surface area contributed by atoms with Gasteiger partial charge in [-0.15, -0.1) is 0 Å². The molecule has 2 aliphatic heterocycles. The number of nitrogens with one attached hydrogen (secondary N) is 2. The Morgan fingerprint density at radius 1 is 0.408 bits per heavy atom. The van der Waals surface area contributed by atoms with Crippen LogP contribution in [0.2, 0.25) is 0 Å². The highest BCUT2D eigenvalue weighted by Gasteiger charge is 2.21. The topological polar surface area (TPSA) is 82.9 Å². The normalized spacial score (nSPS) is 12.0. The van der Waals surface area contributed by atoms with E-state index in [-0.39, 0.29) is 0 Å². The number of H-pyrrole nitrogens is 2. The van der Waals surface area contributed by atoms with Crippen LogP contribution in [0, 0.1) is 0 Å². The predicted molar refractivity (Wildman–Crippen MR) is 206 cm³/mol. The molecule has 0 radical (unpaired) electrons. The maximum absolute atomic E-state index is 7.19. The lowest BCUT2D eigenvalue weighted by Gasteiger charge is -2.08. The molecule has 0 amide bonds. The fourth-order valence-electron chi connectivity index (χ4n) is 6.99. The average Bonchev–Trinajstić information content (AvgIpc) is 3.98. The van der Waals surface area contributed by atoms with Crippen LogP contribution in [-0.2, 0) is 0 Å². The Kier molecular flexibility index (Phi) is 6.87. The molecule has 0 fully saturated rings. The molecule has 4 aromatic carbocycles. The number of rotatable bonds is 4. The van der Waals surface area contributed by atoms with Crippen LogP contribution in [0.5, 0.6) is 0 Å². The second-order valence-electron chi connectivity index (χ2n) is 12.2. The van der Waals surface area contributed by atoms with Crippen molar-refractivity contribution in [1.29, 1.82) is 0 Å². The molecule has 5 heterocycles. The first-order valence-electron chi connectivity index (χ1n) is 16.4. The molecule has 0 saturated carbocycles. The molecule has 0 spiro atoms. The number of fused-ring (bicyclic) bond motifs is 8. The Hall–Kier alpha value is -6.72. The van der Waals surface area contributed by atoms with Crippen molar-refractivity contribution in [3.05, 3.63) is 163 Å². The molecule has 8 bridgehead atoms. The largest absolute Gasteiger partial charge is 0.396 e. The van der Waals surface area contributed by atoms with E-state index in [0.717, 1.165) is 89.2 Å². The van der Waals surface area contributed by atoms with Crippen LogP contribution >= 0.6 is 0 Å². The van der Waals surface area contributed by atoms with E-state index in [1.54, 1.807) is 0 Å². The van der Waals surface area contributed by atoms with E-state index in [2.05, 4.69) is 131 Å². The van der Waals surface area contributed by atoms with Gasteiger partial charge in [-0.05, 0) is 58.7 Å². The van der Waals surface area contributed by atoms with Gasteiger partial charge in [-0.2, -0.15) is 0 Å². The maximum atomic E-state index is 7.19. The number of aliphatic imine (C=N–C) groups is 1. The summed E-state index contributed by atoms with van der Waals surface area (Å²) < 4.78 is 0. The Balaban J connectivity index is 1.51. The summed E-state index contributed by atoms with van der Waals surface area (Å²) in [6.07, 6.45) is 6.15. The molecule has 4 N–H and O–H groups in total. The van der Waals surface area contributed by atoms with E-state index < -0.39 is 0 Å². The lowest BCUT2D eigenvalue weighted by molar-refractivity contribution is 1.32. The molecular weight excluding hydrogens is 599 g/mol. The zero-order chi connectivity index (χ0) is 32.7. The second kappa shape index (κ2) is 11.8. The third-order valence-electron chi connectivity index (χ3n) is 9.23. The van der Waals surface area contributed by atoms with Gasteiger partial charge in [-0.1, -0.05) is 121 Å². The van der Waals surface area contributed by atoms with Crippen LogP contribution < -0.4 is 5.73 Å². The van der Waals surface area contributed by atoms with Crippen LogP contribution in [0.15, 0.2) is 151 Å². The van der Waals surface area contributed by atoms with Gasteiger partial charge in [-0.25, -0.2) is 4.98 Å². The van der Waals surface area contributed by atoms with Crippen molar-refractivity contribution < 1.29 is 0 Å². The van der Waals surface area contributed by atoms with Crippen LogP contribution in [0.3, 0.4) is 0 Å². The van der Waals surface area contributed by atoms with Gasteiger partial charge >= 0.3 is 0 Å². The molecule has 0 aliphatic carbocycles. The Morgan fingerprint density at radius 2 is 0.776 bits per heavy atom. The van der Waals surface area contributed by atoms with Gasteiger partial charge < -0.3 is 15.7 Å². The molecule has 0 unspecified atom stereocenters. The standard InChI is InChI=1S/C44H31N5/c45-43-32-27-46-44(43)42(31-19-11-4-12-20-31)38-26-25-37(49-38)41(30-17-9-3-10-18-30)36-24-23-35(48-36)40(29-15-7-2-8-16-29)34-22-21-33(47-34)39(32)28-13-5-1-6-14-28/h1-27,47,49H,45H2. The van der Waals surface area contributed by atoms with E-state index in [9.17, 15) is 0 Å². The SMILES string of the molecule is Nc1c2c(-c3ccccc3)c3ccc([nH]3)c(-c3ccccc3)c3nc(c(-c4ccccc4)c4ccc([nH]4)c(-c4ccccc4)c1N=C2)C=C3.